The van der Waals surface area contributed by atoms with Crippen molar-refractivity contribution in [3.63, 3.8) is 0 Å². The van der Waals surface area contributed by atoms with E-state index in [0.29, 0.717) is 87.0 Å². The van der Waals surface area contributed by atoms with Gasteiger partial charge >= 0.3 is 0 Å². The quantitative estimate of drug-likeness (QED) is 0.0669. The Labute approximate surface area is 328 Å². The molecule has 0 N–H and O–H groups in total. The minimum absolute atomic E-state index is 0.141. The summed E-state index contributed by atoms with van der Waals surface area (Å²) in [5, 5.41) is 19.8. The zero-order valence-corrected chi connectivity index (χ0v) is 31.2. The molecule has 0 aliphatic rings. The van der Waals surface area contributed by atoms with Crippen LogP contribution in [-0.2, 0) is 39.5 Å². The molecule has 0 atom stereocenters. The van der Waals surface area contributed by atoms with Gasteiger partial charge in [0.15, 0.2) is 23.0 Å². The molecule has 56 heavy (non-hydrogen) atoms. The molecule has 0 aliphatic carbocycles. The first-order chi connectivity index (χ1) is 27.7. The second-order valence-electron chi connectivity index (χ2n) is 13.0. The van der Waals surface area contributed by atoms with Crippen molar-refractivity contribution in [3.8, 4) is 35.1 Å². The largest absolute Gasteiger partial charge is 0.485 e. The van der Waals surface area contributed by atoms with E-state index in [2.05, 4.69) is 12.1 Å². The van der Waals surface area contributed by atoms with Crippen molar-refractivity contribution < 1.29 is 18.9 Å². The molecular weight excluding hydrogens is 701 g/mol. The second kappa shape index (κ2) is 21.2. The lowest BCUT2D eigenvalue weighted by Crippen LogP contribution is -2.35. The molecule has 6 rings (SSSR count). The highest BCUT2D eigenvalue weighted by Gasteiger charge is 2.20. The molecule has 0 fully saturated rings. The van der Waals surface area contributed by atoms with Crippen LogP contribution in [0, 0.1) is 22.7 Å². The molecule has 282 valence electrons. The van der Waals surface area contributed by atoms with Gasteiger partial charge in [0.25, 0.3) is 0 Å². The van der Waals surface area contributed by atoms with Gasteiger partial charge in [-0.2, -0.15) is 10.5 Å². The Balaban J connectivity index is 1.19. The fourth-order valence-electron chi connectivity index (χ4n) is 5.97. The first-order valence-electron chi connectivity index (χ1n) is 18.5. The van der Waals surface area contributed by atoms with Gasteiger partial charge in [-0.25, -0.2) is 0 Å². The number of hydrogen-bond acceptors (Lipinski definition) is 10. The molecule has 0 amide bonds. The van der Waals surface area contributed by atoms with Crippen molar-refractivity contribution >= 4 is 0 Å². The summed E-state index contributed by atoms with van der Waals surface area (Å²) in [6.45, 7) is 3.24. The fraction of sp³-hybridized carbons (Fsp3) is 0.217. The van der Waals surface area contributed by atoms with Crippen LogP contribution in [0.1, 0.15) is 33.6 Å². The molecule has 2 heterocycles. The zero-order valence-electron chi connectivity index (χ0n) is 31.2. The van der Waals surface area contributed by atoms with Crippen molar-refractivity contribution in [2.24, 2.45) is 0 Å². The number of aromatic nitrogens is 2. The maximum atomic E-state index is 9.88. The first kappa shape index (κ1) is 39.0. The van der Waals surface area contributed by atoms with Crippen LogP contribution in [0.4, 0.5) is 0 Å². The smallest absolute Gasteiger partial charge is 0.184 e. The molecular formula is C46H44N6O4. The Bertz CT molecular complexity index is 2000. The van der Waals surface area contributed by atoms with Crippen LogP contribution in [0.25, 0.3) is 0 Å². The number of nitriles is 2. The van der Waals surface area contributed by atoms with Gasteiger partial charge < -0.3 is 18.9 Å². The summed E-state index contributed by atoms with van der Waals surface area (Å²) in [5.41, 5.74) is 5.37. The number of nitrogens with zero attached hydrogens (tertiary/aromatic N) is 6. The van der Waals surface area contributed by atoms with E-state index in [1.165, 1.54) is 0 Å². The summed E-state index contributed by atoms with van der Waals surface area (Å²) < 4.78 is 25.4. The second-order valence-corrected chi connectivity index (χ2v) is 13.0. The normalized spacial score (nSPS) is 10.8. The van der Waals surface area contributed by atoms with Crippen LogP contribution in [0.3, 0.4) is 0 Å². The van der Waals surface area contributed by atoms with Crippen LogP contribution in [0.2, 0.25) is 0 Å². The molecule has 0 unspecified atom stereocenters. The summed E-state index contributed by atoms with van der Waals surface area (Å²) >= 11 is 0. The van der Waals surface area contributed by atoms with Gasteiger partial charge in [0.05, 0.1) is 25.2 Å². The fourth-order valence-corrected chi connectivity index (χ4v) is 5.97. The molecule has 0 spiro atoms. The third-order valence-electron chi connectivity index (χ3n) is 8.88. The van der Waals surface area contributed by atoms with Gasteiger partial charge in [-0.1, -0.05) is 121 Å². The molecule has 0 radical (unpaired) electrons. The predicted octanol–water partition coefficient (Wildman–Crippen LogP) is 8.14. The lowest BCUT2D eigenvalue weighted by atomic mass is 10.2. The van der Waals surface area contributed by atoms with Crippen LogP contribution < -0.4 is 18.9 Å². The van der Waals surface area contributed by atoms with Gasteiger partial charge in [0.2, 0.25) is 0 Å². The number of ether oxygens (including phenoxy) is 4. The van der Waals surface area contributed by atoms with E-state index in [4.69, 9.17) is 28.9 Å². The van der Waals surface area contributed by atoms with E-state index in [0.717, 1.165) is 22.3 Å². The third kappa shape index (κ3) is 11.9. The Morgan fingerprint density at radius 1 is 0.429 bits per heavy atom. The average molecular weight is 745 g/mol. The molecule has 10 nitrogen and oxygen atoms in total. The Hall–Kier alpha value is -6.72. The Morgan fingerprint density at radius 2 is 0.750 bits per heavy atom. The van der Waals surface area contributed by atoms with Crippen molar-refractivity contribution in [1.29, 1.82) is 10.5 Å². The molecule has 2 aromatic heterocycles. The number of hydrogen-bond donors (Lipinski definition) is 0. The highest BCUT2D eigenvalue weighted by molar-refractivity contribution is 5.44. The van der Waals surface area contributed by atoms with E-state index < -0.39 is 0 Å². The van der Waals surface area contributed by atoms with Gasteiger partial charge in [0.1, 0.15) is 37.8 Å². The van der Waals surface area contributed by atoms with Crippen LogP contribution in [0.5, 0.6) is 23.0 Å². The first-order valence-corrected chi connectivity index (χ1v) is 18.5. The molecule has 0 saturated heterocycles. The number of rotatable bonds is 21. The summed E-state index contributed by atoms with van der Waals surface area (Å²) in [7, 11) is 0. The van der Waals surface area contributed by atoms with E-state index in [1.807, 2.05) is 131 Å². The molecule has 4 aromatic carbocycles. The van der Waals surface area contributed by atoms with Crippen molar-refractivity contribution in [2.75, 3.05) is 26.2 Å². The van der Waals surface area contributed by atoms with Gasteiger partial charge in [-0.3, -0.25) is 19.8 Å². The molecule has 0 bridgehead atoms. The predicted molar refractivity (Wildman–Crippen MR) is 213 cm³/mol. The average Bonchev–Trinajstić information content (AvgIpc) is 3.25. The van der Waals surface area contributed by atoms with Crippen LogP contribution >= 0.6 is 0 Å². The van der Waals surface area contributed by atoms with Crippen molar-refractivity contribution in [2.45, 2.75) is 39.5 Å². The standard InChI is InChI=1S/C46H44N6O4/c47-23-27-51(31-41-45(55-35-39-17-9-3-10-18-39)43(21-25-49-41)53-33-37-13-5-1-6-14-37)29-30-52(28-24-48)32-42-46(56-36-40-19-11-4-12-20-40)44(22-26-50-42)54-34-38-15-7-2-8-16-38/h1-22,25-26H,27-36H2. The van der Waals surface area contributed by atoms with Crippen LogP contribution in [0.15, 0.2) is 146 Å². The van der Waals surface area contributed by atoms with Gasteiger partial charge in [-0.15, -0.1) is 0 Å². The Morgan fingerprint density at radius 3 is 1.07 bits per heavy atom. The minimum atomic E-state index is 0.141. The minimum Gasteiger partial charge on any atom is -0.485 e. The molecule has 0 saturated carbocycles. The topological polar surface area (TPSA) is 117 Å². The van der Waals surface area contributed by atoms with E-state index in [9.17, 15) is 10.5 Å². The lowest BCUT2D eigenvalue weighted by Gasteiger charge is -2.26. The maximum absolute atomic E-state index is 9.88. The Kier molecular flexibility index (Phi) is 14.8. The van der Waals surface area contributed by atoms with E-state index >= 15 is 0 Å². The van der Waals surface area contributed by atoms with E-state index in [1.54, 1.807) is 24.5 Å². The number of pyridine rings is 2. The summed E-state index contributed by atoms with van der Waals surface area (Å²) in [6, 6.07) is 47.9. The summed E-state index contributed by atoms with van der Waals surface area (Å²) in [4.78, 5) is 13.4. The van der Waals surface area contributed by atoms with Gasteiger partial charge in [0, 0.05) is 50.7 Å². The summed E-state index contributed by atoms with van der Waals surface area (Å²) in [5.74, 6) is 2.20. The number of benzene rings is 4. The maximum Gasteiger partial charge on any atom is 0.184 e. The van der Waals surface area contributed by atoms with E-state index in [-0.39, 0.29) is 13.1 Å². The lowest BCUT2D eigenvalue weighted by molar-refractivity contribution is 0.205. The molecule has 6 aromatic rings. The zero-order chi connectivity index (χ0) is 38.6. The third-order valence-corrected chi connectivity index (χ3v) is 8.88. The monoisotopic (exact) mass is 744 g/mol. The van der Waals surface area contributed by atoms with Crippen LogP contribution in [-0.4, -0.2) is 45.9 Å². The summed E-state index contributed by atoms with van der Waals surface area (Å²) in [6.07, 6.45) is 3.40. The highest BCUT2D eigenvalue weighted by Crippen LogP contribution is 2.34. The van der Waals surface area contributed by atoms with Gasteiger partial charge in [-0.05, 0) is 22.3 Å². The van der Waals surface area contributed by atoms with Crippen molar-refractivity contribution in [3.05, 3.63) is 179 Å². The highest BCUT2D eigenvalue weighted by atomic mass is 16.5. The molecule has 10 heteroatoms. The van der Waals surface area contributed by atoms with Crippen molar-refractivity contribution in [1.82, 2.24) is 19.8 Å². The molecule has 0 aliphatic heterocycles. The SMILES string of the molecule is N#CCN(CCN(CC#N)Cc1nccc(OCc2ccccc2)c1OCc1ccccc1)Cc1nccc(OCc2ccccc2)c1OCc1ccccc1.